The molecule has 130 valence electrons. The summed E-state index contributed by atoms with van der Waals surface area (Å²) >= 11 is 1.65. The number of nitrogens with zero attached hydrogens (tertiary/aromatic N) is 1. The van der Waals surface area contributed by atoms with Crippen LogP contribution in [0.4, 0.5) is 0 Å². The van der Waals surface area contributed by atoms with Gasteiger partial charge < -0.3 is 14.6 Å². The minimum atomic E-state index is -0.0925. The summed E-state index contributed by atoms with van der Waals surface area (Å²) in [5, 5.41) is 8.88. The Bertz CT molecular complexity index is 846. The summed E-state index contributed by atoms with van der Waals surface area (Å²) in [5.41, 5.74) is 3.60. The molecule has 5 nitrogen and oxygen atoms in total. The monoisotopic (exact) mass is 356 g/mol. The fraction of sp³-hybridized carbons (Fsp3) is 0.263. The van der Waals surface area contributed by atoms with Crippen LogP contribution in [-0.2, 0) is 13.2 Å². The number of aromatic nitrogens is 1. The average molecular weight is 356 g/mol. The zero-order valence-corrected chi connectivity index (χ0v) is 15.3. The minimum absolute atomic E-state index is 0.0925. The minimum Gasteiger partial charge on any atom is -0.489 e. The highest BCUT2D eigenvalue weighted by Crippen LogP contribution is 2.18. The van der Waals surface area contributed by atoms with Gasteiger partial charge in [-0.3, -0.25) is 4.79 Å². The first-order valence-electron chi connectivity index (χ1n) is 8.00. The van der Waals surface area contributed by atoms with Crippen molar-refractivity contribution in [2.24, 2.45) is 0 Å². The molecule has 0 fully saturated rings. The van der Waals surface area contributed by atoms with Crippen molar-refractivity contribution >= 4 is 17.2 Å². The lowest BCUT2D eigenvalue weighted by Gasteiger charge is -2.08. The lowest BCUT2D eigenvalue weighted by molar-refractivity contribution is 0.0951. The molecule has 1 amide bonds. The number of amides is 1. The Morgan fingerprint density at radius 3 is 2.56 bits per heavy atom. The highest BCUT2D eigenvalue weighted by Gasteiger charge is 2.10. The first kappa shape index (κ1) is 17.2. The van der Waals surface area contributed by atoms with Crippen molar-refractivity contribution in [2.75, 3.05) is 0 Å². The molecule has 3 aromatic rings. The Hall–Kier alpha value is -2.60. The zero-order valence-electron chi connectivity index (χ0n) is 14.5. The molecular weight excluding hydrogens is 336 g/mol. The predicted molar refractivity (Wildman–Crippen MR) is 97.0 cm³/mol. The number of thiophene rings is 1. The number of nitrogens with one attached hydrogen (secondary N) is 1. The third kappa shape index (κ3) is 4.09. The standard InChI is InChI=1S/C19H20N2O3S/c1-12-8-9-25-18(12)10-20-19(22)15-4-6-16(7-5-15)23-11-17-13(2)21-24-14(17)3/h4-9H,10-11H2,1-3H3,(H,20,22). The van der Waals surface area contributed by atoms with Crippen molar-refractivity contribution in [2.45, 2.75) is 33.9 Å². The molecule has 0 aliphatic heterocycles. The number of benzene rings is 1. The van der Waals surface area contributed by atoms with E-state index in [1.807, 2.05) is 26.2 Å². The maximum Gasteiger partial charge on any atom is 0.251 e. The van der Waals surface area contributed by atoms with E-state index in [2.05, 4.69) is 16.5 Å². The normalized spacial score (nSPS) is 10.7. The molecule has 0 aliphatic rings. The van der Waals surface area contributed by atoms with Gasteiger partial charge >= 0.3 is 0 Å². The van der Waals surface area contributed by atoms with Gasteiger partial charge in [0.05, 0.1) is 17.8 Å². The van der Waals surface area contributed by atoms with Gasteiger partial charge in [0, 0.05) is 10.4 Å². The van der Waals surface area contributed by atoms with Gasteiger partial charge in [-0.1, -0.05) is 5.16 Å². The van der Waals surface area contributed by atoms with Gasteiger partial charge in [0.2, 0.25) is 0 Å². The van der Waals surface area contributed by atoms with E-state index in [-0.39, 0.29) is 5.91 Å². The molecule has 1 aromatic carbocycles. The summed E-state index contributed by atoms with van der Waals surface area (Å²) in [6.07, 6.45) is 0. The largest absolute Gasteiger partial charge is 0.489 e. The van der Waals surface area contributed by atoms with Crippen LogP contribution in [0, 0.1) is 20.8 Å². The second-order valence-electron chi connectivity index (χ2n) is 5.83. The fourth-order valence-electron chi connectivity index (χ4n) is 2.41. The Morgan fingerprint density at radius 1 is 1.20 bits per heavy atom. The van der Waals surface area contributed by atoms with E-state index in [0.29, 0.717) is 24.5 Å². The number of carbonyl (C=O) groups is 1. The van der Waals surface area contributed by atoms with Crippen molar-refractivity contribution in [1.29, 1.82) is 0 Å². The number of ether oxygens (including phenoxy) is 1. The lowest BCUT2D eigenvalue weighted by atomic mass is 10.2. The van der Waals surface area contributed by atoms with Crippen LogP contribution in [0.3, 0.4) is 0 Å². The first-order valence-corrected chi connectivity index (χ1v) is 8.88. The van der Waals surface area contributed by atoms with E-state index in [4.69, 9.17) is 9.26 Å². The molecule has 0 bridgehead atoms. The number of carbonyl (C=O) groups excluding carboxylic acids is 1. The molecule has 1 N–H and O–H groups in total. The summed E-state index contributed by atoms with van der Waals surface area (Å²) in [4.78, 5) is 13.4. The van der Waals surface area contributed by atoms with Gasteiger partial charge in [-0.15, -0.1) is 11.3 Å². The molecule has 0 saturated carbocycles. The molecule has 2 aromatic heterocycles. The quantitative estimate of drug-likeness (QED) is 0.720. The van der Waals surface area contributed by atoms with Gasteiger partial charge in [-0.05, 0) is 62.0 Å². The van der Waals surface area contributed by atoms with E-state index in [1.165, 1.54) is 10.4 Å². The van der Waals surface area contributed by atoms with Crippen LogP contribution >= 0.6 is 11.3 Å². The maximum absolute atomic E-state index is 12.2. The van der Waals surface area contributed by atoms with Crippen molar-refractivity contribution in [1.82, 2.24) is 10.5 Å². The van der Waals surface area contributed by atoms with Crippen LogP contribution in [0.15, 0.2) is 40.2 Å². The molecular formula is C19H20N2O3S. The smallest absolute Gasteiger partial charge is 0.251 e. The third-order valence-electron chi connectivity index (χ3n) is 4.06. The van der Waals surface area contributed by atoms with E-state index in [1.54, 1.807) is 35.6 Å². The summed E-state index contributed by atoms with van der Waals surface area (Å²) < 4.78 is 10.9. The molecule has 0 aliphatic carbocycles. The SMILES string of the molecule is Cc1ccsc1CNC(=O)c1ccc(OCc2c(C)noc2C)cc1. The number of rotatable bonds is 6. The molecule has 2 heterocycles. The van der Waals surface area contributed by atoms with E-state index in [9.17, 15) is 4.79 Å². The second-order valence-corrected chi connectivity index (χ2v) is 6.83. The topological polar surface area (TPSA) is 64.4 Å². The van der Waals surface area contributed by atoms with Gasteiger partial charge in [0.15, 0.2) is 0 Å². The van der Waals surface area contributed by atoms with Gasteiger partial charge in [0.1, 0.15) is 18.1 Å². The van der Waals surface area contributed by atoms with Crippen LogP contribution < -0.4 is 10.1 Å². The summed E-state index contributed by atoms with van der Waals surface area (Å²) in [6.45, 7) is 6.74. The summed E-state index contributed by atoms with van der Waals surface area (Å²) in [5.74, 6) is 1.37. The highest BCUT2D eigenvalue weighted by atomic mass is 32.1. The van der Waals surface area contributed by atoms with Crippen LogP contribution in [-0.4, -0.2) is 11.1 Å². The van der Waals surface area contributed by atoms with Crippen molar-refractivity contribution in [3.8, 4) is 5.75 Å². The fourth-order valence-corrected chi connectivity index (χ4v) is 3.26. The van der Waals surface area contributed by atoms with E-state index in [0.717, 1.165) is 17.0 Å². The molecule has 3 rings (SSSR count). The Morgan fingerprint density at radius 2 is 1.96 bits per heavy atom. The predicted octanol–water partition coefficient (Wildman–Crippen LogP) is 4.17. The molecule has 25 heavy (non-hydrogen) atoms. The van der Waals surface area contributed by atoms with Crippen LogP contribution in [0.1, 0.15) is 37.8 Å². The van der Waals surface area contributed by atoms with Gasteiger partial charge in [-0.25, -0.2) is 0 Å². The third-order valence-corrected chi connectivity index (χ3v) is 5.08. The van der Waals surface area contributed by atoms with Crippen LogP contribution in [0.25, 0.3) is 0 Å². The van der Waals surface area contributed by atoms with Gasteiger partial charge in [-0.2, -0.15) is 0 Å². The lowest BCUT2D eigenvalue weighted by Crippen LogP contribution is -2.22. The van der Waals surface area contributed by atoms with Gasteiger partial charge in [0.25, 0.3) is 5.91 Å². The summed E-state index contributed by atoms with van der Waals surface area (Å²) in [6, 6.07) is 9.17. The van der Waals surface area contributed by atoms with E-state index < -0.39 is 0 Å². The second kappa shape index (κ2) is 7.53. The van der Waals surface area contributed by atoms with Crippen LogP contribution in [0.2, 0.25) is 0 Å². The highest BCUT2D eigenvalue weighted by molar-refractivity contribution is 7.10. The van der Waals surface area contributed by atoms with Crippen molar-refractivity contribution in [3.05, 3.63) is 68.7 Å². The Balaban J connectivity index is 1.56. The Labute approximate surface area is 150 Å². The molecule has 0 unspecified atom stereocenters. The molecule has 0 spiro atoms. The zero-order chi connectivity index (χ0) is 17.8. The average Bonchev–Trinajstić information content (AvgIpc) is 3.17. The van der Waals surface area contributed by atoms with Crippen molar-refractivity contribution in [3.63, 3.8) is 0 Å². The maximum atomic E-state index is 12.2. The first-order chi connectivity index (χ1) is 12.0. The number of hydrogen-bond acceptors (Lipinski definition) is 5. The van der Waals surface area contributed by atoms with Crippen molar-refractivity contribution < 1.29 is 14.1 Å². The Kier molecular flexibility index (Phi) is 5.19. The summed E-state index contributed by atoms with van der Waals surface area (Å²) in [7, 11) is 0. The number of aryl methyl sites for hydroxylation is 3. The molecule has 0 radical (unpaired) electrons. The van der Waals surface area contributed by atoms with E-state index >= 15 is 0 Å². The van der Waals surface area contributed by atoms with Crippen LogP contribution in [0.5, 0.6) is 5.75 Å². The molecule has 0 saturated heterocycles. The molecule has 6 heteroatoms. The number of hydrogen-bond donors (Lipinski definition) is 1. The molecule has 0 atom stereocenters.